The van der Waals surface area contributed by atoms with Gasteiger partial charge in [0.1, 0.15) is 23.7 Å². The lowest BCUT2D eigenvalue weighted by molar-refractivity contribution is -0.209. The molecular formula is C20H17ClF5N3O2. The number of ketones is 1. The molecule has 0 spiro atoms. The average molecular weight is 462 g/mol. The first-order valence-corrected chi connectivity index (χ1v) is 9.42. The van der Waals surface area contributed by atoms with E-state index in [-0.39, 0.29) is 22.7 Å². The van der Waals surface area contributed by atoms with E-state index in [9.17, 15) is 26.7 Å². The third kappa shape index (κ3) is 4.79. The van der Waals surface area contributed by atoms with Crippen LogP contribution in [0.15, 0.2) is 35.5 Å². The van der Waals surface area contributed by atoms with Crippen molar-refractivity contribution in [3.63, 3.8) is 0 Å². The quantitative estimate of drug-likeness (QED) is 0.527. The largest absolute Gasteiger partial charge is 0.452 e. The van der Waals surface area contributed by atoms with Gasteiger partial charge in [0.25, 0.3) is 6.02 Å². The van der Waals surface area contributed by atoms with Gasteiger partial charge in [0.05, 0.1) is 5.02 Å². The number of hydrogen-bond donors (Lipinski definition) is 1. The Bertz CT molecular complexity index is 1040. The summed E-state index contributed by atoms with van der Waals surface area (Å²) in [5.74, 6) is -1.49. The highest BCUT2D eigenvalue weighted by Crippen LogP contribution is 2.41. The summed E-state index contributed by atoms with van der Waals surface area (Å²) in [6, 6.07) is 3.95. The molecule has 2 N–H and O–H groups in total. The Morgan fingerprint density at radius 1 is 1.35 bits per heavy atom. The number of carbonyl (C=O) groups is 1. The van der Waals surface area contributed by atoms with Crippen molar-refractivity contribution in [3.05, 3.63) is 63.7 Å². The minimum atomic E-state index is -4.86. The lowest BCUT2D eigenvalue weighted by atomic mass is 9.83. The Hall–Kier alpha value is -2.75. The minimum Gasteiger partial charge on any atom is -0.452 e. The van der Waals surface area contributed by atoms with Gasteiger partial charge in [0, 0.05) is 24.6 Å². The Kier molecular flexibility index (Phi) is 6.22. The van der Waals surface area contributed by atoms with Crippen LogP contribution < -0.4 is 5.73 Å². The van der Waals surface area contributed by atoms with Crippen molar-refractivity contribution in [1.82, 2.24) is 4.98 Å². The molecule has 1 aliphatic heterocycles. The molecule has 0 aliphatic carbocycles. The van der Waals surface area contributed by atoms with Gasteiger partial charge in [-0.1, -0.05) is 17.7 Å². The number of rotatable bonds is 5. The van der Waals surface area contributed by atoms with Crippen LogP contribution in [0.3, 0.4) is 0 Å². The fourth-order valence-electron chi connectivity index (χ4n) is 3.33. The van der Waals surface area contributed by atoms with Crippen LogP contribution in [-0.2, 0) is 16.7 Å². The molecule has 0 fully saturated rings. The number of aryl methyl sites for hydroxylation is 1. The summed E-state index contributed by atoms with van der Waals surface area (Å²) in [6.07, 6.45) is -7.17. The van der Waals surface area contributed by atoms with Crippen molar-refractivity contribution in [2.24, 2.45) is 10.7 Å². The maximum atomic E-state index is 14.6. The molecule has 1 aliphatic rings. The molecule has 1 aromatic carbocycles. The highest BCUT2D eigenvalue weighted by molar-refractivity contribution is 6.33. The lowest BCUT2D eigenvalue weighted by Gasteiger charge is -2.36. The maximum Gasteiger partial charge on any atom is 0.425 e. The van der Waals surface area contributed by atoms with E-state index in [0.717, 1.165) is 17.7 Å². The second-order valence-electron chi connectivity index (χ2n) is 7.22. The van der Waals surface area contributed by atoms with E-state index < -0.39 is 54.1 Å². The minimum absolute atomic E-state index is 0.0104. The van der Waals surface area contributed by atoms with E-state index in [1.807, 2.05) is 0 Å². The average Bonchev–Trinajstić information content (AvgIpc) is 2.68. The zero-order valence-corrected chi connectivity index (χ0v) is 16.9. The molecule has 11 heteroatoms. The number of pyridine rings is 1. The maximum absolute atomic E-state index is 14.6. The molecule has 0 radical (unpaired) electrons. The van der Waals surface area contributed by atoms with Crippen molar-refractivity contribution in [1.29, 1.82) is 0 Å². The van der Waals surface area contributed by atoms with Crippen LogP contribution >= 0.6 is 11.6 Å². The van der Waals surface area contributed by atoms with Crippen LogP contribution in [0, 0.1) is 12.7 Å². The molecule has 1 aromatic heterocycles. The smallest absolute Gasteiger partial charge is 0.425 e. The number of hydrogen-bond acceptors (Lipinski definition) is 5. The van der Waals surface area contributed by atoms with Crippen LogP contribution in [0.2, 0.25) is 5.02 Å². The number of benzene rings is 1. The van der Waals surface area contributed by atoms with E-state index in [1.54, 1.807) is 13.0 Å². The molecule has 166 valence electrons. The van der Waals surface area contributed by atoms with E-state index in [1.165, 1.54) is 12.3 Å². The number of carbonyl (C=O) groups excluding carboxylic acids is 1. The van der Waals surface area contributed by atoms with Gasteiger partial charge in [-0.05, 0) is 36.2 Å². The van der Waals surface area contributed by atoms with Gasteiger partial charge in [-0.25, -0.2) is 13.8 Å². The normalized spacial score (nSPS) is 21.4. The summed E-state index contributed by atoms with van der Waals surface area (Å²) >= 11 is 6.04. The van der Waals surface area contributed by atoms with Crippen molar-refractivity contribution in [2.75, 3.05) is 6.67 Å². The van der Waals surface area contributed by atoms with Crippen molar-refractivity contribution < 1.29 is 31.5 Å². The van der Waals surface area contributed by atoms with Gasteiger partial charge < -0.3 is 10.5 Å². The Morgan fingerprint density at radius 2 is 2.06 bits per heavy atom. The van der Waals surface area contributed by atoms with E-state index in [2.05, 4.69) is 14.7 Å². The number of nitrogens with two attached hydrogens (primary N) is 1. The van der Waals surface area contributed by atoms with Crippen LogP contribution in [0.4, 0.5) is 22.0 Å². The predicted molar refractivity (Wildman–Crippen MR) is 103 cm³/mol. The number of amidine groups is 1. The fourth-order valence-corrected chi connectivity index (χ4v) is 3.66. The molecule has 2 heterocycles. The summed E-state index contributed by atoms with van der Waals surface area (Å²) in [4.78, 5) is 20.2. The third-order valence-electron chi connectivity index (χ3n) is 4.84. The molecule has 0 saturated carbocycles. The van der Waals surface area contributed by atoms with Gasteiger partial charge in [-0.2, -0.15) is 13.2 Å². The lowest BCUT2D eigenvalue weighted by Crippen LogP contribution is -2.48. The first-order chi connectivity index (χ1) is 14.4. The van der Waals surface area contributed by atoms with E-state index in [0.29, 0.717) is 0 Å². The molecule has 2 atom stereocenters. The van der Waals surface area contributed by atoms with Gasteiger partial charge in [-0.3, -0.25) is 9.78 Å². The number of alkyl halides is 4. The second-order valence-corrected chi connectivity index (χ2v) is 7.63. The van der Waals surface area contributed by atoms with Gasteiger partial charge in [0.2, 0.25) is 0 Å². The number of aliphatic imine (C=N–C) groups is 1. The summed E-state index contributed by atoms with van der Waals surface area (Å²) < 4.78 is 72.7. The highest BCUT2D eigenvalue weighted by Gasteiger charge is 2.52. The zero-order valence-electron chi connectivity index (χ0n) is 16.1. The summed E-state index contributed by atoms with van der Waals surface area (Å²) in [6.45, 7) is 0.285. The van der Waals surface area contributed by atoms with Crippen LogP contribution in [0.1, 0.15) is 33.6 Å². The van der Waals surface area contributed by atoms with Crippen molar-refractivity contribution in [2.45, 2.75) is 37.6 Å². The summed E-state index contributed by atoms with van der Waals surface area (Å²) in [5, 5.41) is 0.127. The fraction of sp³-hybridized carbons (Fsp3) is 0.350. The Labute approximate surface area is 179 Å². The molecule has 31 heavy (non-hydrogen) atoms. The first-order valence-electron chi connectivity index (χ1n) is 9.04. The topological polar surface area (TPSA) is 77.6 Å². The standard InChI is InChI=1S/C20H17ClF5N3O2/c1-10-4-13(21)17(28-8-10)15(30)6-11-2-3-14(23)12(5-11)19(9-22)7-16(20(24,25)26)31-18(27)29-19/h2-5,8,16H,6-7,9H2,1H3,(H2,27,29)/t16-,19+/m0/s1. The number of aromatic nitrogens is 1. The molecule has 5 nitrogen and oxygen atoms in total. The summed E-state index contributed by atoms with van der Waals surface area (Å²) in [7, 11) is 0. The number of ether oxygens (including phenoxy) is 1. The number of Topliss-reactive ketones (excluding diaryl/α,β-unsaturated/α-hetero) is 1. The molecule has 2 aromatic rings. The van der Waals surface area contributed by atoms with E-state index >= 15 is 0 Å². The molecule has 0 saturated heterocycles. The highest BCUT2D eigenvalue weighted by atomic mass is 35.5. The van der Waals surface area contributed by atoms with Crippen molar-refractivity contribution >= 4 is 23.4 Å². The van der Waals surface area contributed by atoms with Gasteiger partial charge in [0.15, 0.2) is 11.9 Å². The van der Waals surface area contributed by atoms with E-state index in [4.69, 9.17) is 17.3 Å². The van der Waals surface area contributed by atoms with Crippen LogP contribution in [-0.4, -0.2) is 35.7 Å². The number of halogens is 6. The molecule has 0 bridgehead atoms. The molecule has 0 amide bonds. The molecular weight excluding hydrogens is 445 g/mol. The Morgan fingerprint density at radius 3 is 2.68 bits per heavy atom. The summed E-state index contributed by atoms with van der Waals surface area (Å²) in [5.41, 5.74) is 3.60. The van der Waals surface area contributed by atoms with Gasteiger partial charge >= 0.3 is 6.18 Å². The van der Waals surface area contributed by atoms with Crippen LogP contribution in [0.25, 0.3) is 0 Å². The molecule has 0 unspecified atom stereocenters. The zero-order chi connectivity index (χ0) is 23.0. The predicted octanol–water partition coefficient (Wildman–Crippen LogP) is 4.44. The van der Waals surface area contributed by atoms with Crippen molar-refractivity contribution in [3.8, 4) is 0 Å². The van der Waals surface area contributed by atoms with Gasteiger partial charge in [-0.15, -0.1) is 0 Å². The first kappa shape index (κ1) is 22.9. The number of nitrogens with zero attached hydrogens (tertiary/aromatic N) is 2. The third-order valence-corrected chi connectivity index (χ3v) is 5.12. The monoisotopic (exact) mass is 461 g/mol. The Balaban J connectivity index is 1.98. The SMILES string of the molecule is Cc1cnc(C(=O)Cc2ccc(F)c([C@]3(CF)C[C@@H](C(F)(F)F)OC(N)=N3)c2)c(Cl)c1. The second kappa shape index (κ2) is 8.41. The van der Waals surface area contributed by atoms with Crippen LogP contribution in [0.5, 0.6) is 0 Å². The molecule has 3 rings (SSSR count).